The van der Waals surface area contributed by atoms with Crippen molar-refractivity contribution in [1.29, 1.82) is 5.26 Å². The summed E-state index contributed by atoms with van der Waals surface area (Å²) in [6.45, 7) is 8.50. The zero-order valence-electron chi connectivity index (χ0n) is 17.0. The van der Waals surface area contributed by atoms with Gasteiger partial charge in [-0.15, -0.1) is 0 Å². The van der Waals surface area contributed by atoms with Gasteiger partial charge in [0.1, 0.15) is 5.60 Å². The predicted molar refractivity (Wildman–Crippen MR) is 106 cm³/mol. The predicted octanol–water partition coefficient (Wildman–Crippen LogP) is 2.41. The number of rotatable bonds is 6. The summed E-state index contributed by atoms with van der Waals surface area (Å²) < 4.78 is 5.16. The van der Waals surface area contributed by atoms with E-state index in [0.717, 1.165) is 31.5 Å². The first-order valence-corrected chi connectivity index (χ1v) is 9.73. The highest BCUT2D eigenvalue weighted by Gasteiger charge is 2.25. The van der Waals surface area contributed by atoms with E-state index >= 15 is 0 Å². The molecule has 0 spiro atoms. The normalized spacial score (nSPS) is 17.4. The SMILES string of the molecule is CC(C)(C)OC(=O)NCCNC(=O)C1CCCN(Cc2cccc(C#N)c2)C1. The molecule has 1 heterocycles. The van der Waals surface area contributed by atoms with Crippen molar-refractivity contribution < 1.29 is 14.3 Å². The summed E-state index contributed by atoms with van der Waals surface area (Å²) in [6.07, 6.45) is 1.34. The Kier molecular flexibility index (Phi) is 7.82. The van der Waals surface area contributed by atoms with Gasteiger partial charge in [-0.3, -0.25) is 9.69 Å². The van der Waals surface area contributed by atoms with Crippen LogP contribution in [0, 0.1) is 17.2 Å². The second kappa shape index (κ2) is 10.1. The first kappa shape index (κ1) is 21.7. The van der Waals surface area contributed by atoms with Crippen LogP contribution in [-0.2, 0) is 16.1 Å². The van der Waals surface area contributed by atoms with E-state index in [1.54, 1.807) is 26.8 Å². The number of alkyl carbamates (subject to hydrolysis) is 1. The average Bonchev–Trinajstić information content (AvgIpc) is 2.64. The van der Waals surface area contributed by atoms with Crippen LogP contribution in [-0.4, -0.2) is 48.7 Å². The number of nitrogens with one attached hydrogen (secondary N) is 2. The van der Waals surface area contributed by atoms with Gasteiger partial charge in [-0.05, 0) is 57.9 Å². The smallest absolute Gasteiger partial charge is 0.407 e. The minimum absolute atomic E-state index is 0.0152. The lowest BCUT2D eigenvalue weighted by Crippen LogP contribution is -2.44. The van der Waals surface area contributed by atoms with Gasteiger partial charge in [0.25, 0.3) is 0 Å². The van der Waals surface area contributed by atoms with Crippen molar-refractivity contribution in [3.63, 3.8) is 0 Å². The van der Waals surface area contributed by atoms with Gasteiger partial charge in [0.15, 0.2) is 0 Å². The van der Waals surface area contributed by atoms with Crippen molar-refractivity contribution in [3.8, 4) is 6.07 Å². The number of hydrogen-bond donors (Lipinski definition) is 2. The number of piperidine rings is 1. The number of nitrogens with zero attached hydrogens (tertiary/aromatic N) is 2. The minimum Gasteiger partial charge on any atom is -0.444 e. The van der Waals surface area contributed by atoms with E-state index < -0.39 is 11.7 Å². The molecule has 0 bridgehead atoms. The molecule has 0 aromatic heterocycles. The fourth-order valence-corrected chi connectivity index (χ4v) is 3.22. The Balaban J connectivity index is 1.73. The van der Waals surface area contributed by atoms with Gasteiger partial charge in [0.2, 0.25) is 5.91 Å². The molecular formula is C21H30N4O3. The number of nitriles is 1. The summed E-state index contributed by atoms with van der Waals surface area (Å²) in [5.74, 6) is -0.0455. The van der Waals surface area contributed by atoms with Crippen LogP contribution in [0.2, 0.25) is 0 Å². The first-order chi connectivity index (χ1) is 13.3. The van der Waals surface area contributed by atoms with Crippen molar-refractivity contribution in [2.45, 2.75) is 45.8 Å². The summed E-state index contributed by atoms with van der Waals surface area (Å²) in [7, 11) is 0. The number of carbonyl (C=O) groups is 2. The lowest BCUT2D eigenvalue weighted by molar-refractivity contribution is -0.126. The van der Waals surface area contributed by atoms with E-state index in [4.69, 9.17) is 10.00 Å². The van der Waals surface area contributed by atoms with E-state index in [1.807, 2.05) is 18.2 Å². The highest BCUT2D eigenvalue weighted by atomic mass is 16.6. The van der Waals surface area contributed by atoms with E-state index in [0.29, 0.717) is 25.2 Å². The summed E-state index contributed by atoms with van der Waals surface area (Å²) in [5, 5.41) is 14.6. The minimum atomic E-state index is -0.536. The molecule has 1 aromatic carbocycles. The standard InChI is InChI=1S/C21H30N4O3/c1-21(2,3)28-20(27)24-10-9-23-19(26)18-8-5-11-25(15-18)14-17-7-4-6-16(12-17)13-22/h4,6-7,12,18H,5,8-11,14-15H2,1-3H3,(H,23,26)(H,24,27). The molecule has 0 saturated carbocycles. The Labute approximate surface area is 167 Å². The number of ether oxygens (including phenoxy) is 1. The van der Waals surface area contributed by atoms with Crippen LogP contribution in [0.1, 0.15) is 44.7 Å². The van der Waals surface area contributed by atoms with Crippen LogP contribution in [0.5, 0.6) is 0 Å². The molecule has 1 saturated heterocycles. The van der Waals surface area contributed by atoms with E-state index in [-0.39, 0.29) is 11.8 Å². The third-order valence-corrected chi connectivity index (χ3v) is 4.43. The number of likely N-dealkylation sites (tertiary alicyclic amines) is 1. The van der Waals surface area contributed by atoms with Gasteiger partial charge >= 0.3 is 6.09 Å². The third kappa shape index (κ3) is 7.57. The Hall–Kier alpha value is -2.59. The number of amides is 2. The number of hydrogen-bond acceptors (Lipinski definition) is 5. The van der Waals surface area contributed by atoms with Crippen LogP contribution >= 0.6 is 0 Å². The second-order valence-electron chi connectivity index (χ2n) is 8.11. The maximum Gasteiger partial charge on any atom is 0.407 e. The molecule has 2 N–H and O–H groups in total. The summed E-state index contributed by atoms with van der Waals surface area (Å²) in [4.78, 5) is 26.3. The van der Waals surface area contributed by atoms with Crippen molar-refractivity contribution >= 4 is 12.0 Å². The van der Waals surface area contributed by atoms with Crippen LogP contribution in [0.25, 0.3) is 0 Å². The van der Waals surface area contributed by atoms with Crippen molar-refractivity contribution in [1.82, 2.24) is 15.5 Å². The molecule has 7 heteroatoms. The second-order valence-corrected chi connectivity index (χ2v) is 8.11. The van der Waals surface area contributed by atoms with E-state index in [2.05, 4.69) is 21.6 Å². The lowest BCUT2D eigenvalue weighted by Gasteiger charge is -2.32. The number of carbonyl (C=O) groups excluding carboxylic acids is 2. The van der Waals surface area contributed by atoms with Crippen molar-refractivity contribution in [3.05, 3.63) is 35.4 Å². The van der Waals surface area contributed by atoms with Gasteiger partial charge in [-0.2, -0.15) is 5.26 Å². The van der Waals surface area contributed by atoms with Crippen LogP contribution in [0.15, 0.2) is 24.3 Å². The molecule has 1 atom stereocenters. The van der Waals surface area contributed by atoms with Gasteiger partial charge < -0.3 is 15.4 Å². The molecule has 2 amide bonds. The molecule has 2 rings (SSSR count). The quantitative estimate of drug-likeness (QED) is 0.732. The molecule has 1 aliphatic heterocycles. The van der Waals surface area contributed by atoms with Crippen molar-refractivity contribution in [2.24, 2.45) is 5.92 Å². The Morgan fingerprint density at radius 1 is 1.29 bits per heavy atom. The Bertz CT molecular complexity index is 721. The highest BCUT2D eigenvalue weighted by Crippen LogP contribution is 2.19. The molecular weight excluding hydrogens is 356 g/mol. The molecule has 0 radical (unpaired) electrons. The lowest BCUT2D eigenvalue weighted by atomic mass is 9.96. The molecule has 1 fully saturated rings. The van der Waals surface area contributed by atoms with Crippen LogP contribution < -0.4 is 10.6 Å². The molecule has 0 aliphatic carbocycles. The van der Waals surface area contributed by atoms with Gasteiger partial charge in [0, 0.05) is 26.2 Å². The maximum atomic E-state index is 12.4. The fraction of sp³-hybridized carbons (Fsp3) is 0.571. The van der Waals surface area contributed by atoms with Gasteiger partial charge in [0.05, 0.1) is 17.6 Å². The highest BCUT2D eigenvalue weighted by molar-refractivity contribution is 5.79. The first-order valence-electron chi connectivity index (χ1n) is 9.73. The number of benzene rings is 1. The van der Waals surface area contributed by atoms with Crippen molar-refractivity contribution in [2.75, 3.05) is 26.2 Å². The van der Waals surface area contributed by atoms with E-state index in [9.17, 15) is 9.59 Å². The molecule has 28 heavy (non-hydrogen) atoms. The summed E-state index contributed by atoms with van der Waals surface area (Å²) in [5.41, 5.74) is 1.20. The summed E-state index contributed by atoms with van der Waals surface area (Å²) >= 11 is 0. The maximum absolute atomic E-state index is 12.4. The fourth-order valence-electron chi connectivity index (χ4n) is 3.22. The molecule has 7 nitrogen and oxygen atoms in total. The zero-order valence-corrected chi connectivity index (χ0v) is 17.0. The van der Waals surface area contributed by atoms with E-state index in [1.165, 1.54) is 0 Å². The average molecular weight is 386 g/mol. The third-order valence-electron chi connectivity index (χ3n) is 4.43. The molecule has 1 unspecified atom stereocenters. The van der Waals surface area contributed by atoms with Gasteiger partial charge in [-0.25, -0.2) is 4.79 Å². The van der Waals surface area contributed by atoms with Crippen LogP contribution in [0.3, 0.4) is 0 Å². The molecule has 1 aromatic rings. The summed E-state index contributed by atoms with van der Waals surface area (Å²) in [6, 6.07) is 9.74. The van der Waals surface area contributed by atoms with Crippen LogP contribution in [0.4, 0.5) is 4.79 Å². The largest absolute Gasteiger partial charge is 0.444 e. The monoisotopic (exact) mass is 386 g/mol. The molecule has 1 aliphatic rings. The molecule has 152 valence electrons. The Morgan fingerprint density at radius 2 is 2.04 bits per heavy atom. The topological polar surface area (TPSA) is 94.5 Å². The Morgan fingerprint density at radius 3 is 2.75 bits per heavy atom. The van der Waals surface area contributed by atoms with Gasteiger partial charge in [-0.1, -0.05) is 12.1 Å². The zero-order chi connectivity index (χ0) is 20.6.